The lowest BCUT2D eigenvalue weighted by Crippen LogP contribution is -2.14. The molecule has 0 spiro atoms. The highest BCUT2D eigenvalue weighted by Crippen LogP contribution is 2.30. The van der Waals surface area contributed by atoms with E-state index in [2.05, 4.69) is 6.07 Å². The summed E-state index contributed by atoms with van der Waals surface area (Å²) >= 11 is 0. The molecule has 0 aliphatic heterocycles. The number of fused-ring (bicyclic) bond motifs is 2. The molecule has 3 heteroatoms. The summed E-state index contributed by atoms with van der Waals surface area (Å²) in [4.78, 5) is 0. The Labute approximate surface area is 106 Å². The zero-order valence-electron chi connectivity index (χ0n) is 9.88. The molecule has 2 aromatic carbocycles. The highest BCUT2D eigenvalue weighted by atomic mass is 16.4. The molecule has 1 aliphatic rings. The van der Waals surface area contributed by atoms with Crippen molar-refractivity contribution in [3.63, 3.8) is 0 Å². The summed E-state index contributed by atoms with van der Waals surface area (Å²) in [5, 5.41) is 19.1. The van der Waals surface area contributed by atoms with Crippen molar-refractivity contribution in [2.75, 3.05) is 0 Å². The van der Waals surface area contributed by atoms with E-state index in [0.29, 0.717) is 5.47 Å². The molecule has 1 aliphatic carbocycles. The monoisotopic (exact) mass is 236 g/mol. The van der Waals surface area contributed by atoms with Gasteiger partial charge >= 0.3 is 7.12 Å². The predicted molar refractivity (Wildman–Crippen MR) is 73.8 cm³/mol. The van der Waals surface area contributed by atoms with E-state index in [-0.39, 0.29) is 0 Å². The predicted octanol–water partition coefficient (Wildman–Crippen LogP) is 2.14. The largest absolute Gasteiger partial charge is 0.489 e. The SMILES string of the molecule is OB(O)C1=Cc2ccccc2Cc2ccccc21. The van der Waals surface area contributed by atoms with Gasteiger partial charge in [0.25, 0.3) is 0 Å². The van der Waals surface area contributed by atoms with Crippen LogP contribution in [0.5, 0.6) is 0 Å². The maximum atomic E-state index is 9.56. The van der Waals surface area contributed by atoms with Crippen molar-refractivity contribution >= 4 is 18.7 Å². The van der Waals surface area contributed by atoms with Crippen LogP contribution < -0.4 is 0 Å². The van der Waals surface area contributed by atoms with Gasteiger partial charge in [-0.05, 0) is 34.1 Å². The van der Waals surface area contributed by atoms with E-state index in [0.717, 1.165) is 23.1 Å². The molecule has 0 radical (unpaired) electrons. The first kappa shape index (κ1) is 11.3. The topological polar surface area (TPSA) is 40.5 Å². The normalized spacial score (nSPS) is 13.1. The van der Waals surface area contributed by atoms with Crippen LogP contribution in [0.2, 0.25) is 0 Å². The van der Waals surface area contributed by atoms with Crippen LogP contribution in [0.3, 0.4) is 0 Å². The van der Waals surface area contributed by atoms with E-state index in [4.69, 9.17) is 0 Å². The second kappa shape index (κ2) is 4.44. The fourth-order valence-corrected chi connectivity index (χ4v) is 2.46. The van der Waals surface area contributed by atoms with Gasteiger partial charge in [0.1, 0.15) is 0 Å². The van der Waals surface area contributed by atoms with Crippen molar-refractivity contribution in [1.29, 1.82) is 0 Å². The van der Waals surface area contributed by atoms with Gasteiger partial charge < -0.3 is 10.0 Å². The summed E-state index contributed by atoms with van der Waals surface area (Å²) in [6, 6.07) is 15.9. The first-order valence-electron chi connectivity index (χ1n) is 5.99. The van der Waals surface area contributed by atoms with Gasteiger partial charge in [0.15, 0.2) is 0 Å². The summed E-state index contributed by atoms with van der Waals surface area (Å²) in [6.45, 7) is 0. The highest BCUT2D eigenvalue weighted by molar-refractivity contribution is 6.67. The Balaban J connectivity index is 2.26. The molecule has 88 valence electrons. The van der Waals surface area contributed by atoms with Crippen molar-refractivity contribution in [3.8, 4) is 0 Å². The van der Waals surface area contributed by atoms with Gasteiger partial charge in [-0.15, -0.1) is 0 Å². The van der Waals surface area contributed by atoms with Crippen LogP contribution in [-0.4, -0.2) is 17.2 Å². The second-order valence-corrected chi connectivity index (χ2v) is 4.51. The number of benzene rings is 2. The highest BCUT2D eigenvalue weighted by Gasteiger charge is 2.22. The van der Waals surface area contributed by atoms with Gasteiger partial charge in [-0.2, -0.15) is 0 Å². The van der Waals surface area contributed by atoms with E-state index < -0.39 is 7.12 Å². The third kappa shape index (κ3) is 1.88. The standard InChI is InChI=1S/C15H13BO2/c17-16(18)15-10-12-6-2-1-5-11(12)9-13-7-3-4-8-14(13)15/h1-8,10,17-18H,9H2. The quantitative estimate of drug-likeness (QED) is 0.744. The molecule has 18 heavy (non-hydrogen) atoms. The lowest BCUT2D eigenvalue weighted by Gasteiger charge is -2.09. The van der Waals surface area contributed by atoms with Crippen molar-refractivity contribution in [2.45, 2.75) is 6.42 Å². The molecule has 0 atom stereocenters. The van der Waals surface area contributed by atoms with Crippen molar-refractivity contribution < 1.29 is 10.0 Å². The van der Waals surface area contributed by atoms with Gasteiger partial charge in [-0.25, -0.2) is 0 Å². The lowest BCUT2D eigenvalue weighted by atomic mass is 9.73. The zero-order valence-corrected chi connectivity index (χ0v) is 9.88. The fraction of sp³-hybridized carbons (Fsp3) is 0.0667. The average Bonchev–Trinajstić information content (AvgIpc) is 2.55. The summed E-state index contributed by atoms with van der Waals surface area (Å²) in [5.41, 5.74) is 4.87. The maximum absolute atomic E-state index is 9.56. The molecule has 0 heterocycles. The summed E-state index contributed by atoms with van der Waals surface area (Å²) < 4.78 is 0. The van der Waals surface area contributed by atoms with Gasteiger partial charge in [0.2, 0.25) is 0 Å². The second-order valence-electron chi connectivity index (χ2n) is 4.51. The molecule has 2 aromatic rings. The van der Waals surface area contributed by atoms with E-state index in [1.807, 2.05) is 48.5 Å². The van der Waals surface area contributed by atoms with Crippen molar-refractivity contribution in [3.05, 3.63) is 70.8 Å². The van der Waals surface area contributed by atoms with Crippen LogP contribution >= 0.6 is 0 Å². The molecule has 0 unspecified atom stereocenters. The Kier molecular flexibility index (Phi) is 2.78. The van der Waals surface area contributed by atoms with Crippen LogP contribution in [0.1, 0.15) is 22.3 Å². The molecular weight excluding hydrogens is 223 g/mol. The van der Waals surface area contributed by atoms with Crippen LogP contribution in [0, 0.1) is 0 Å². The lowest BCUT2D eigenvalue weighted by molar-refractivity contribution is 0.427. The molecule has 0 fully saturated rings. The first-order valence-corrected chi connectivity index (χ1v) is 5.99. The van der Waals surface area contributed by atoms with E-state index in [1.165, 1.54) is 5.56 Å². The Morgan fingerprint density at radius 2 is 1.50 bits per heavy atom. The Bertz CT molecular complexity index is 617. The molecule has 0 bridgehead atoms. The number of rotatable bonds is 1. The molecule has 3 rings (SSSR count). The Morgan fingerprint density at radius 1 is 0.833 bits per heavy atom. The van der Waals surface area contributed by atoms with Crippen molar-refractivity contribution in [1.82, 2.24) is 0 Å². The van der Waals surface area contributed by atoms with Crippen LogP contribution in [0.15, 0.2) is 48.5 Å². The molecule has 0 aromatic heterocycles. The number of hydrogen-bond donors (Lipinski definition) is 2. The summed E-state index contributed by atoms with van der Waals surface area (Å²) in [6.07, 6.45) is 2.69. The Morgan fingerprint density at radius 3 is 2.28 bits per heavy atom. The summed E-state index contributed by atoms with van der Waals surface area (Å²) in [5.74, 6) is 0. The number of hydrogen-bond acceptors (Lipinski definition) is 2. The van der Waals surface area contributed by atoms with E-state index >= 15 is 0 Å². The third-order valence-electron chi connectivity index (χ3n) is 3.35. The van der Waals surface area contributed by atoms with Crippen LogP contribution in [-0.2, 0) is 6.42 Å². The molecule has 0 saturated heterocycles. The van der Waals surface area contributed by atoms with Gasteiger partial charge in [0, 0.05) is 0 Å². The molecule has 0 saturated carbocycles. The first-order chi connectivity index (χ1) is 8.75. The molecule has 0 amide bonds. The van der Waals surface area contributed by atoms with Gasteiger partial charge in [-0.1, -0.05) is 54.6 Å². The molecular formula is C15H13BO2. The van der Waals surface area contributed by atoms with Gasteiger partial charge in [-0.3, -0.25) is 0 Å². The zero-order chi connectivity index (χ0) is 12.5. The van der Waals surface area contributed by atoms with Crippen molar-refractivity contribution in [2.24, 2.45) is 0 Å². The smallest absolute Gasteiger partial charge is 0.423 e. The van der Waals surface area contributed by atoms with Crippen LogP contribution in [0.25, 0.3) is 11.5 Å². The molecule has 2 N–H and O–H groups in total. The van der Waals surface area contributed by atoms with Gasteiger partial charge in [0.05, 0.1) is 0 Å². The van der Waals surface area contributed by atoms with E-state index in [9.17, 15) is 10.0 Å². The molecule has 2 nitrogen and oxygen atoms in total. The minimum atomic E-state index is -1.45. The minimum absolute atomic E-state index is 0.565. The van der Waals surface area contributed by atoms with E-state index in [1.54, 1.807) is 0 Å². The van der Waals surface area contributed by atoms with Crippen LogP contribution in [0.4, 0.5) is 0 Å². The summed E-state index contributed by atoms with van der Waals surface area (Å²) in [7, 11) is -1.45. The third-order valence-corrected chi connectivity index (χ3v) is 3.35. The maximum Gasteiger partial charge on any atom is 0.489 e. The minimum Gasteiger partial charge on any atom is -0.423 e. The average molecular weight is 236 g/mol. The Hall–Kier alpha value is -1.84. The fourth-order valence-electron chi connectivity index (χ4n) is 2.46.